The molecule has 0 saturated carbocycles. The van der Waals surface area contributed by atoms with E-state index in [1.165, 1.54) is 23.9 Å². The maximum atomic E-state index is 11.6. The van der Waals surface area contributed by atoms with E-state index in [1.807, 2.05) is 0 Å². The van der Waals surface area contributed by atoms with Crippen LogP contribution in [0.5, 0.6) is 0 Å². The molecule has 1 aliphatic rings. The number of thioether (sulfide) groups is 1. The summed E-state index contributed by atoms with van der Waals surface area (Å²) in [6.45, 7) is 0.217. The summed E-state index contributed by atoms with van der Waals surface area (Å²) in [5.74, 6) is -0.532. The summed E-state index contributed by atoms with van der Waals surface area (Å²) in [4.78, 5) is 38.4. The molecule has 3 amide bonds. The molecule has 1 saturated heterocycles. The Labute approximate surface area is 124 Å². The first-order valence-electron chi connectivity index (χ1n) is 5.89. The number of para-hydroxylation sites is 1. The van der Waals surface area contributed by atoms with Gasteiger partial charge < -0.3 is 11.1 Å². The lowest BCUT2D eigenvalue weighted by molar-refractivity contribution is -0.118. The molecule has 9 heteroatoms. The number of rotatable bonds is 3. The van der Waals surface area contributed by atoms with E-state index < -0.39 is 12.0 Å². The van der Waals surface area contributed by atoms with E-state index >= 15 is 0 Å². The van der Waals surface area contributed by atoms with Gasteiger partial charge in [-0.25, -0.2) is 4.79 Å². The van der Waals surface area contributed by atoms with Crippen molar-refractivity contribution in [3.63, 3.8) is 0 Å². The number of nitrogens with zero attached hydrogens (tertiary/aromatic N) is 1. The van der Waals surface area contributed by atoms with Crippen LogP contribution < -0.4 is 16.4 Å². The van der Waals surface area contributed by atoms with E-state index in [2.05, 4.69) is 20.6 Å². The molecular weight excluding hydrogens is 296 g/mol. The third-order valence-corrected chi connectivity index (χ3v) is 3.42. The van der Waals surface area contributed by atoms with Crippen molar-refractivity contribution in [2.45, 2.75) is 0 Å². The fourth-order valence-corrected chi connectivity index (χ4v) is 2.18. The zero-order chi connectivity index (χ0) is 15.2. The number of oxime groups is 1. The van der Waals surface area contributed by atoms with Crippen molar-refractivity contribution in [1.29, 1.82) is 0 Å². The van der Waals surface area contributed by atoms with Crippen LogP contribution in [-0.2, 0) is 9.63 Å². The number of carbonyl (C=O) groups is 3. The van der Waals surface area contributed by atoms with Crippen molar-refractivity contribution in [1.82, 2.24) is 5.32 Å². The molecule has 0 aromatic heterocycles. The first kappa shape index (κ1) is 14.9. The number of carbonyl (C=O) groups excluding carboxylic acids is 3. The highest BCUT2D eigenvalue weighted by atomic mass is 32.2. The number of nitrogens with two attached hydrogens (primary N) is 1. The van der Waals surface area contributed by atoms with Crippen molar-refractivity contribution in [3.8, 4) is 0 Å². The van der Waals surface area contributed by atoms with Crippen LogP contribution in [0.2, 0.25) is 0 Å². The Morgan fingerprint density at radius 1 is 1.38 bits per heavy atom. The van der Waals surface area contributed by atoms with Crippen LogP contribution in [0.1, 0.15) is 10.4 Å². The Balaban J connectivity index is 1.95. The third kappa shape index (κ3) is 4.21. The van der Waals surface area contributed by atoms with Crippen LogP contribution in [0.15, 0.2) is 29.4 Å². The number of amides is 3. The van der Waals surface area contributed by atoms with Gasteiger partial charge in [0.15, 0.2) is 0 Å². The highest BCUT2D eigenvalue weighted by molar-refractivity contribution is 8.14. The predicted molar refractivity (Wildman–Crippen MR) is 78.0 cm³/mol. The maximum absolute atomic E-state index is 11.6. The Morgan fingerprint density at radius 3 is 2.81 bits per heavy atom. The number of hydrogen-bond acceptors (Lipinski definition) is 6. The monoisotopic (exact) mass is 308 g/mol. The molecule has 1 fully saturated rings. The lowest BCUT2D eigenvalue weighted by atomic mass is 10.2. The first-order valence-corrected chi connectivity index (χ1v) is 6.88. The fraction of sp³-hybridized carbons (Fsp3) is 0.167. The second kappa shape index (κ2) is 6.75. The van der Waals surface area contributed by atoms with Crippen LogP contribution >= 0.6 is 11.8 Å². The quantitative estimate of drug-likeness (QED) is 0.554. The van der Waals surface area contributed by atoms with Gasteiger partial charge in [-0.1, -0.05) is 29.1 Å². The average molecular weight is 308 g/mol. The molecule has 1 heterocycles. The Morgan fingerprint density at radius 2 is 2.14 bits per heavy atom. The van der Waals surface area contributed by atoms with Crippen molar-refractivity contribution >= 4 is 40.4 Å². The molecule has 1 aromatic carbocycles. The average Bonchev–Trinajstić information content (AvgIpc) is 2.47. The van der Waals surface area contributed by atoms with Gasteiger partial charge in [-0.05, 0) is 12.1 Å². The second-order valence-corrected chi connectivity index (χ2v) is 5.01. The molecule has 0 aliphatic carbocycles. The third-order valence-electron chi connectivity index (χ3n) is 2.47. The van der Waals surface area contributed by atoms with Gasteiger partial charge in [-0.2, -0.15) is 0 Å². The molecule has 1 aromatic rings. The van der Waals surface area contributed by atoms with Gasteiger partial charge in [0.1, 0.15) is 5.04 Å². The normalized spacial score (nSPS) is 16.2. The molecule has 2 rings (SSSR count). The molecule has 4 N–H and O–H groups in total. The van der Waals surface area contributed by atoms with Crippen LogP contribution in [0.25, 0.3) is 0 Å². The number of primary amides is 1. The van der Waals surface area contributed by atoms with Gasteiger partial charge in [0.25, 0.3) is 5.91 Å². The van der Waals surface area contributed by atoms with Crippen LogP contribution in [-0.4, -0.2) is 35.2 Å². The topological polar surface area (TPSA) is 123 Å². The van der Waals surface area contributed by atoms with Crippen molar-refractivity contribution in [2.24, 2.45) is 10.9 Å². The van der Waals surface area contributed by atoms with Gasteiger partial charge in [-0.3, -0.25) is 19.7 Å². The minimum Gasteiger partial charge on any atom is -0.366 e. The standard InChI is InChI=1S/C12H12N4O4S/c13-11(18)7-3-1-2-4-8(7)15-12(19)20-16-10-5-14-9(17)6-21-10/h1-4H,5-6H2,(H2,13,18)(H,14,17)(H,15,19). The van der Waals surface area contributed by atoms with E-state index in [9.17, 15) is 14.4 Å². The number of benzene rings is 1. The zero-order valence-corrected chi connectivity index (χ0v) is 11.6. The van der Waals surface area contributed by atoms with E-state index in [1.54, 1.807) is 12.1 Å². The van der Waals surface area contributed by atoms with E-state index in [-0.39, 0.29) is 29.5 Å². The minimum atomic E-state index is -0.853. The summed E-state index contributed by atoms with van der Waals surface area (Å²) >= 11 is 1.19. The molecule has 0 unspecified atom stereocenters. The van der Waals surface area contributed by atoms with Crippen molar-refractivity contribution < 1.29 is 19.2 Å². The number of nitrogens with one attached hydrogen (secondary N) is 2. The van der Waals surface area contributed by atoms with Gasteiger partial charge in [0, 0.05) is 0 Å². The summed E-state index contributed by atoms with van der Waals surface area (Å²) in [6, 6.07) is 6.26. The summed E-state index contributed by atoms with van der Waals surface area (Å²) in [5.41, 5.74) is 5.60. The maximum Gasteiger partial charge on any atom is 0.437 e. The summed E-state index contributed by atoms with van der Waals surface area (Å²) in [5, 5.41) is 9.05. The van der Waals surface area contributed by atoms with Crippen molar-refractivity contribution in [3.05, 3.63) is 29.8 Å². The zero-order valence-electron chi connectivity index (χ0n) is 10.8. The molecule has 0 bridgehead atoms. The lowest BCUT2D eigenvalue weighted by Crippen LogP contribution is -2.35. The summed E-state index contributed by atoms with van der Waals surface area (Å²) in [7, 11) is 0. The highest BCUT2D eigenvalue weighted by Gasteiger charge is 2.15. The molecule has 110 valence electrons. The Kier molecular flexibility index (Phi) is 4.77. The molecular formula is C12H12N4O4S. The van der Waals surface area contributed by atoms with Gasteiger partial charge >= 0.3 is 6.09 Å². The molecule has 0 atom stereocenters. The summed E-state index contributed by atoms with van der Waals surface area (Å²) in [6.07, 6.45) is -0.853. The molecule has 0 radical (unpaired) electrons. The number of anilines is 1. The van der Waals surface area contributed by atoms with E-state index in [0.29, 0.717) is 5.04 Å². The molecule has 0 spiro atoms. The fourth-order valence-electron chi connectivity index (χ4n) is 1.52. The SMILES string of the molecule is NC(=O)c1ccccc1NC(=O)ON=C1CNC(=O)CS1. The van der Waals surface area contributed by atoms with Gasteiger partial charge in [0.05, 0.1) is 23.5 Å². The lowest BCUT2D eigenvalue weighted by Gasteiger charge is -2.12. The van der Waals surface area contributed by atoms with Crippen LogP contribution in [0.3, 0.4) is 0 Å². The molecule has 8 nitrogen and oxygen atoms in total. The minimum absolute atomic E-state index is 0.0983. The molecule has 1 aliphatic heterocycles. The first-order chi connectivity index (χ1) is 10.1. The smallest absolute Gasteiger partial charge is 0.366 e. The van der Waals surface area contributed by atoms with Gasteiger partial charge in [0.2, 0.25) is 5.91 Å². The number of hydrogen-bond donors (Lipinski definition) is 3. The Hall–Kier alpha value is -2.55. The van der Waals surface area contributed by atoms with Crippen LogP contribution in [0, 0.1) is 0 Å². The second-order valence-electron chi connectivity index (χ2n) is 3.96. The summed E-state index contributed by atoms with van der Waals surface area (Å²) < 4.78 is 0. The van der Waals surface area contributed by atoms with Crippen LogP contribution in [0.4, 0.5) is 10.5 Å². The van der Waals surface area contributed by atoms with E-state index in [4.69, 9.17) is 5.73 Å². The largest absolute Gasteiger partial charge is 0.437 e. The van der Waals surface area contributed by atoms with E-state index in [0.717, 1.165) is 0 Å². The highest BCUT2D eigenvalue weighted by Crippen LogP contribution is 2.15. The molecule has 21 heavy (non-hydrogen) atoms. The van der Waals surface area contributed by atoms with Crippen molar-refractivity contribution in [2.75, 3.05) is 17.6 Å². The predicted octanol–water partition coefficient (Wildman–Crippen LogP) is 0.510. The Bertz CT molecular complexity index is 605. The van der Waals surface area contributed by atoms with Gasteiger partial charge in [-0.15, -0.1) is 0 Å².